The number of allylic oxidation sites excluding steroid dienone is 1. The standard InChI is InChI=1S/C18H22N4O2/c1-13-7-5-6-10-15(13)20-18(23)19-12-11-16-21-22-17(24-16)14-8-3-2-4-9-14/h2-6,8-9,13,15H,7,10-12H2,1H3,(H2,19,20,23)/t13-,15-/m1/s1. The van der Waals surface area contributed by atoms with Gasteiger partial charge in [-0.05, 0) is 30.9 Å². The minimum absolute atomic E-state index is 0.148. The largest absolute Gasteiger partial charge is 0.421 e. The molecule has 1 aromatic carbocycles. The monoisotopic (exact) mass is 326 g/mol. The van der Waals surface area contributed by atoms with Gasteiger partial charge in [-0.15, -0.1) is 10.2 Å². The number of aromatic nitrogens is 2. The van der Waals surface area contributed by atoms with E-state index in [1.165, 1.54) is 0 Å². The fraction of sp³-hybridized carbons (Fsp3) is 0.389. The summed E-state index contributed by atoms with van der Waals surface area (Å²) in [6.07, 6.45) is 6.69. The number of nitrogens with one attached hydrogen (secondary N) is 2. The van der Waals surface area contributed by atoms with E-state index in [4.69, 9.17) is 4.42 Å². The summed E-state index contributed by atoms with van der Waals surface area (Å²) >= 11 is 0. The molecule has 6 heteroatoms. The first kappa shape index (κ1) is 16.2. The third-order valence-electron chi connectivity index (χ3n) is 4.18. The molecular weight excluding hydrogens is 304 g/mol. The van der Waals surface area contributed by atoms with Gasteiger partial charge in [-0.25, -0.2) is 4.79 Å². The molecule has 0 saturated heterocycles. The van der Waals surface area contributed by atoms with E-state index < -0.39 is 0 Å². The SMILES string of the molecule is C[C@@H]1CC=CC[C@H]1NC(=O)NCCc1nnc(-c2ccccc2)o1. The molecule has 126 valence electrons. The fourth-order valence-electron chi connectivity index (χ4n) is 2.71. The molecular formula is C18H22N4O2. The molecule has 0 spiro atoms. The van der Waals surface area contributed by atoms with Crippen LogP contribution in [0.5, 0.6) is 0 Å². The summed E-state index contributed by atoms with van der Waals surface area (Å²) in [4.78, 5) is 12.0. The maximum atomic E-state index is 12.0. The summed E-state index contributed by atoms with van der Waals surface area (Å²) in [5.41, 5.74) is 0.890. The van der Waals surface area contributed by atoms with Crippen LogP contribution in [0.2, 0.25) is 0 Å². The number of rotatable bonds is 5. The lowest BCUT2D eigenvalue weighted by molar-refractivity contribution is 0.231. The molecule has 0 fully saturated rings. The molecule has 2 N–H and O–H groups in total. The number of hydrogen-bond acceptors (Lipinski definition) is 4. The van der Waals surface area contributed by atoms with E-state index in [0.717, 1.165) is 18.4 Å². The fourth-order valence-corrected chi connectivity index (χ4v) is 2.71. The Morgan fingerprint density at radius 2 is 2.00 bits per heavy atom. The minimum atomic E-state index is -0.148. The zero-order chi connectivity index (χ0) is 16.8. The molecule has 0 unspecified atom stereocenters. The van der Waals surface area contributed by atoms with Crippen molar-refractivity contribution in [3.8, 4) is 11.5 Å². The number of carbonyl (C=O) groups excluding carboxylic acids is 1. The Kier molecular flexibility index (Phi) is 5.25. The average molecular weight is 326 g/mol. The Bertz CT molecular complexity index is 696. The van der Waals surface area contributed by atoms with Crippen molar-refractivity contribution < 1.29 is 9.21 Å². The maximum absolute atomic E-state index is 12.0. The molecule has 0 radical (unpaired) electrons. The zero-order valence-corrected chi connectivity index (χ0v) is 13.7. The van der Waals surface area contributed by atoms with Crippen LogP contribution >= 0.6 is 0 Å². The van der Waals surface area contributed by atoms with Gasteiger partial charge in [0.1, 0.15) is 0 Å². The molecule has 1 aliphatic carbocycles. The Hall–Kier alpha value is -2.63. The van der Waals surface area contributed by atoms with Crippen LogP contribution in [0.4, 0.5) is 4.79 Å². The van der Waals surface area contributed by atoms with Crippen LogP contribution < -0.4 is 10.6 Å². The highest BCUT2D eigenvalue weighted by atomic mass is 16.4. The number of urea groups is 1. The highest BCUT2D eigenvalue weighted by Crippen LogP contribution is 2.18. The Balaban J connectivity index is 1.44. The van der Waals surface area contributed by atoms with Crippen molar-refractivity contribution in [3.63, 3.8) is 0 Å². The highest BCUT2D eigenvalue weighted by molar-refractivity contribution is 5.74. The van der Waals surface area contributed by atoms with Crippen molar-refractivity contribution in [1.82, 2.24) is 20.8 Å². The summed E-state index contributed by atoms with van der Waals surface area (Å²) in [6.45, 7) is 2.61. The average Bonchev–Trinajstić information content (AvgIpc) is 3.07. The topological polar surface area (TPSA) is 80.0 Å². The Morgan fingerprint density at radius 1 is 1.21 bits per heavy atom. The van der Waals surface area contributed by atoms with Gasteiger partial charge < -0.3 is 15.1 Å². The lowest BCUT2D eigenvalue weighted by Gasteiger charge is -2.26. The Morgan fingerprint density at radius 3 is 2.79 bits per heavy atom. The number of nitrogens with zero attached hydrogens (tertiary/aromatic N) is 2. The quantitative estimate of drug-likeness (QED) is 0.828. The van der Waals surface area contributed by atoms with Crippen LogP contribution in [-0.4, -0.2) is 28.8 Å². The van der Waals surface area contributed by atoms with E-state index in [2.05, 4.69) is 39.9 Å². The first-order chi connectivity index (χ1) is 11.7. The van der Waals surface area contributed by atoms with E-state index >= 15 is 0 Å². The molecule has 6 nitrogen and oxygen atoms in total. The highest BCUT2D eigenvalue weighted by Gasteiger charge is 2.19. The minimum Gasteiger partial charge on any atom is -0.421 e. The summed E-state index contributed by atoms with van der Waals surface area (Å²) in [6, 6.07) is 9.67. The van der Waals surface area contributed by atoms with Gasteiger partial charge in [0, 0.05) is 24.6 Å². The van der Waals surface area contributed by atoms with Crippen LogP contribution in [0, 0.1) is 5.92 Å². The van der Waals surface area contributed by atoms with E-state index in [1.807, 2.05) is 30.3 Å². The van der Waals surface area contributed by atoms with Gasteiger partial charge in [0.15, 0.2) is 0 Å². The summed E-state index contributed by atoms with van der Waals surface area (Å²) in [7, 11) is 0. The number of carbonyl (C=O) groups is 1. The van der Waals surface area contributed by atoms with Crippen molar-refractivity contribution in [2.75, 3.05) is 6.54 Å². The van der Waals surface area contributed by atoms with Crippen molar-refractivity contribution in [2.24, 2.45) is 5.92 Å². The molecule has 1 aliphatic rings. The van der Waals surface area contributed by atoms with Gasteiger partial charge in [0.2, 0.25) is 11.8 Å². The molecule has 3 rings (SSSR count). The van der Waals surface area contributed by atoms with E-state index in [-0.39, 0.29) is 12.1 Å². The molecule has 2 aromatic rings. The first-order valence-electron chi connectivity index (χ1n) is 8.29. The van der Waals surface area contributed by atoms with Crippen molar-refractivity contribution in [1.29, 1.82) is 0 Å². The van der Waals surface area contributed by atoms with Crippen LogP contribution in [0.1, 0.15) is 25.7 Å². The second-order valence-electron chi connectivity index (χ2n) is 6.04. The van der Waals surface area contributed by atoms with Gasteiger partial charge in [0.25, 0.3) is 0 Å². The van der Waals surface area contributed by atoms with Crippen LogP contribution in [0.3, 0.4) is 0 Å². The van der Waals surface area contributed by atoms with Gasteiger partial charge >= 0.3 is 6.03 Å². The number of hydrogen-bond donors (Lipinski definition) is 2. The molecule has 0 saturated carbocycles. The second kappa shape index (κ2) is 7.77. The first-order valence-corrected chi connectivity index (χ1v) is 8.29. The summed E-state index contributed by atoms with van der Waals surface area (Å²) in [5.74, 6) is 1.48. The predicted octanol–water partition coefficient (Wildman–Crippen LogP) is 2.93. The van der Waals surface area contributed by atoms with Crippen molar-refractivity contribution >= 4 is 6.03 Å². The summed E-state index contributed by atoms with van der Waals surface area (Å²) in [5, 5.41) is 13.9. The summed E-state index contributed by atoms with van der Waals surface area (Å²) < 4.78 is 5.62. The van der Waals surface area contributed by atoms with Gasteiger partial charge in [-0.1, -0.05) is 37.3 Å². The van der Waals surface area contributed by atoms with Crippen LogP contribution in [0.15, 0.2) is 46.9 Å². The number of benzene rings is 1. The third kappa shape index (κ3) is 4.22. The molecule has 2 atom stereocenters. The van der Waals surface area contributed by atoms with Crippen molar-refractivity contribution in [2.45, 2.75) is 32.2 Å². The van der Waals surface area contributed by atoms with Crippen LogP contribution in [-0.2, 0) is 6.42 Å². The van der Waals surface area contributed by atoms with E-state index in [1.54, 1.807) is 0 Å². The molecule has 0 aliphatic heterocycles. The van der Waals surface area contributed by atoms with E-state index in [0.29, 0.717) is 30.7 Å². The van der Waals surface area contributed by atoms with E-state index in [9.17, 15) is 4.79 Å². The number of amides is 2. The molecule has 0 bridgehead atoms. The van der Waals surface area contributed by atoms with Gasteiger partial charge in [-0.3, -0.25) is 0 Å². The normalized spacial score (nSPS) is 19.9. The van der Waals surface area contributed by atoms with Gasteiger partial charge in [-0.2, -0.15) is 0 Å². The second-order valence-corrected chi connectivity index (χ2v) is 6.04. The molecule has 2 amide bonds. The zero-order valence-electron chi connectivity index (χ0n) is 13.7. The smallest absolute Gasteiger partial charge is 0.315 e. The van der Waals surface area contributed by atoms with Crippen LogP contribution in [0.25, 0.3) is 11.5 Å². The molecule has 1 aromatic heterocycles. The molecule has 24 heavy (non-hydrogen) atoms. The van der Waals surface area contributed by atoms with Gasteiger partial charge in [0.05, 0.1) is 0 Å². The molecule has 1 heterocycles. The van der Waals surface area contributed by atoms with Crippen molar-refractivity contribution in [3.05, 3.63) is 48.4 Å². The maximum Gasteiger partial charge on any atom is 0.315 e. The lowest BCUT2D eigenvalue weighted by Crippen LogP contribution is -2.45. The Labute approximate surface area is 141 Å². The lowest BCUT2D eigenvalue weighted by atomic mass is 9.91. The third-order valence-corrected chi connectivity index (χ3v) is 4.18. The predicted molar refractivity (Wildman–Crippen MR) is 91.3 cm³/mol.